The van der Waals surface area contributed by atoms with E-state index in [4.69, 9.17) is 13.0 Å². The summed E-state index contributed by atoms with van der Waals surface area (Å²) in [7, 11) is -6.09. The third-order valence-electron chi connectivity index (χ3n) is 2.15. The van der Waals surface area contributed by atoms with Gasteiger partial charge in [-0.25, -0.2) is 8.42 Å². The highest BCUT2D eigenvalue weighted by atomic mass is 127. The molecule has 0 spiro atoms. The fourth-order valence-electron chi connectivity index (χ4n) is 0.933. The summed E-state index contributed by atoms with van der Waals surface area (Å²) in [5, 5.41) is 0. The molecule has 0 saturated heterocycles. The number of halogens is 9. The SMILES string of the molecule is Cc1ccccc1[I+]CC(F)(F)C(F)(F)F.O=S(=O)([O-])C(F)(F)F. The Labute approximate surface area is 142 Å². The zero-order chi connectivity index (χ0) is 19.4. The summed E-state index contributed by atoms with van der Waals surface area (Å²) in [6.07, 6.45) is -5.44. The van der Waals surface area contributed by atoms with Crippen molar-refractivity contribution in [3.8, 4) is 0 Å². The Kier molecular flexibility index (Phi) is 7.88. The molecule has 0 aliphatic rings. The highest BCUT2D eigenvalue weighted by Gasteiger charge is 2.61. The van der Waals surface area contributed by atoms with Crippen LogP contribution in [-0.4, -0.2) is 35.0 Å². The molecule has 0 N–H and O–H groups in total. The van der Waals surface area contributed by atoms with Crippen molar-refractivity contribution in [1.82, 2.24) is 0 Å². The first-order valence-corrected chi connectivity index (χ1v) is 9.62. The Morgan fingerprint density at radius 3 is 1.75 bits per heavy atom. The first kappa shape index (κ1) is 23.3. The lowest BCUT2D eigenvalue weighted by Crippen LogP contribution is -3.63. The van der Waals surface area contributed by atoms with Gasteiger partial charge in [0.2, 0.25) is 4.43 Å². The number of alkyl halides is 9. The fraction of sp³-hybridized carbons (Fsp3) is 0.455. The lowest BCUT2D eigenvalue weighted by atomic mass is 10.2. The van der Waals surface area contributed by atoms with Gasteiger partial charge in [-0.05, 0) is 13.0 Å². The highest BCUT2D eigenvalue weighted by Crippen LogP contribution is 2.33. The molecular formula is C11H9F8IO3S. The molecule has 140 valence electrons. The van der Waals surface area contributed by atoms with Crippen molar-refractivity contribution in [1.29, 1.82) is 0 Å². The number of rotatable bonds is 3. The Hall–Kier alpha value is -0.700. The quantitative estimate of drug-likeness (QED) is 0.200. The van der Waals surface area contributed by atoms with Gasteiger partial charge in [0.05, 0.1) is 0 Å². The van der Waals surface area contributed by atoms with Crippen LogP contribution in [0.1, 0.15) is 5.56 Å². The maximum atomic E-state index is 12.7. The van der Waals surface area contributed by atoms with Crippen LogP contribution in [0.4, 0.5) is 35.1 Å². The molecule has 0 fully saturated rings. The van der Waals surface area contributed by atoms with E-state index in [9.17, 15) is 35.1 Å². The fourth-order valence-corrected chi connectivity index (χ4v) is 3.50. The van der Waals surface area contributed by atoms with Gasteiger partial charge in [0.15, 0.2) is 13.7 Å². The van der Waals surface area contributed by atoms with E-state index in [0.29, 0.717) is 3.57 Å². The van der Waals surface area contributed by atoms with E-state index in [1.54, 1.807) is 31.2 Å². The average Bonchev–Trinajstić information content (AvgIpc) is 2.35. The molecule has 0 aliphatic carbocycles. The third-order valence-corrected chi connectivity index (χ3v) is 6.09. The van der Waals surface area contributed by atoms with Crippen LogP contribution >= 0.6 is 0 Å². The Morgan fingerprint density at radius 1 is 1.00 bits per heavy atom. The van der Waals surface area contributed by atoms with E-state index in [2.05, 4.69) is 0 Å². The maximum absolute atomic E-state index is 12.7. The van der Waals surface area contributed by atoms with Gasteiger partial charge in [-0.1, -0.05) is 18.2 Å². The first-order chi connectivity index (χ1) is 10.5. The summed E-state index contributed by atoms with van der Waals surface area (Å²) in [6, 6.07) is 6.69. The van der Waals surface area contributed by atoms with Crippen molar-refractivity contribution in [2.45, 2.75) is 24.5 Å². The summed E-state index contributed by atoms with van der Waals surface area (Å²) < 4.78 is 119. The lowest BCUT2D eigenvalue weighted by Gasteiger charge is -2.14. The van der Waals surface area contributed by atoms with E-state index in [0.717, 1.165) is 5.56 Å². The monoisotopic (exact) mass is 500 g/mol. The molecule has 0 atom stereocenters. The minimum atomic E-state index is -6.09. The van der Waals surface area contributed by atoms with E-state index in [1.807, 2.05) is 0 Å². The normalized spacial score (nSPS) is 13.2. The van der Waals surface area contributed by atoms with Crippen molar-refractivity contribution in [2.24, 2.45) is 0 Å². The highest BCUT2D eigenvalue weighted by molar-refractivity contribution is 7.86. The molecule has 3 nitrogen and oxygen atoms in total. The van der Waals surface area contributed by atoms with Crippen molar-refractivity contribution in [3.63, 3.8) is 0 Å². The third kappa shape index (κ3) is 7.46. The molecule has 0 amide bonds. The van der Waals surface area contributed by atoms with Gasteiger partial charge < -0.3 is 4.55 Å². The van der Waals surface area contributed by atoms with Crippen LogP contribution in [0.3, 0.4) is 0 Å². The van der Waals surface area contributed by atoms with Crippen LogP contribution in [0.2, 0.25) is 0 Å². The van der Waals surface area contributed by atoms with Crippen LogP contribution in [0.25, 0.3) is 0 Å². The Morgan fingerprint density at radius 2 is 1.42 bits per heavy atom. The zero-order valence-electron chi connectivity index (χ0n) is 11.6. The number of benzene rings is 1. The van der Waals surface area contributed by atoms with Crippen molar-refractivity contribution < 1.29 is 69.3 Å². The van der Waals surface area contributed by atoms with Crippen LogP contribution in [-0.2, 0) is 10.1 Å². The van der Waals surface area contributed by atoms with Gasteiger partial charge in [-0.2, -0.15) is 35.1 Å². The molecule has 0 heterocycles. The van der Waals surface area contributed by atoms with Crippen LogP contribution in [0, 0.1) is 10.5 Å². The topological polar surface area (TPSA) is 57.2 Å². The van der Waals surface area contributed by atoms with E-state index >= 15 is 0 Å². The predicted molar refractivity (Wildman–Crippen MR) is 61.5 cm³/mol. The molecule has 0 aromatic heterocycles. The van der Waals surface area contributed by atoms with Gasteiger partial charge in [0.25, 0.3) is 0 Å². The second-order valence-electron chi connectivity index (χ2n) is 4.12. The maximum Gasteiger partial charge on any atom is 0.485 e. The summed E-state index contributed by atoms with van der Waals surface area (Å²) in [5.74, 6) is -4.57. The van der Waals surface area contributed by atoms with Crippen molar-refractivity contribution in [2.75, 3.05) is 4.43 Å². The van der Waals surface area contributed by atoms with E-state index < -0.39 is 53.4 Å². The van der Waals surface area contributed by atoms with Crippen molar-refractivity contribution >= 4 is 10.1 Å². The molecule has 13 heteroatoms. The van der Waals surface area contributed by atoms with Crippen molar-refractivity contribution in [3.05, 3.63) is 33.4 Å². The van der Waals surface area contributed by atoms with Gasteiger partial charge in [-0.3, -0.25) is 0 Å². The minimum absolute atomic E-state index is 0.630. The molecule has 1 aromatic rings. The predicted octanol–water partition coefficient (Wildman–Crippen LogP) is 0.503. The molecular weight excluding hydrogens is 491 g/mol. The van der Waals surface area contributed by atoms with Gasteiger partial charge >= 0.3 is 38.8 Å². The van der Waals surface area contributed by atoms with Gasteiger partial charge in [0, 0.05) is 5.56 Å². The summed E-state index contributed by atoms with van der Waals surface area (Å²) in [6.45, 7) is 1.71. The van der Waals surface area contributed by atoms with E-state index in [1.165, 1.54) is 0 Å². The molecule has 0 unspecified atom stereocenters. The standard InChI is InChI=1S/C10H9F5I.CHF3O3S/c1-7-4-2-3-5-8(7)16-6-9(11,12)10(13,14)15;2-1(3,4)8(5,6)7/h2-5H,6H2,1H3;(H,5,6,7)/q+1;/p-1. The number of hydrogen-bond donors (Lipinski definition) is 0. The van der Waals surface area contributed by atoms with Gasteiger partial charge in [-0.15, -0.1) is 0 Å². The van der Waals surface area contributed by atoms with Gasteiger partial charge in [0.1, 0.15) is 0 Å². The summed E-state index contributed by atoms with van der Waals surface area (Å²) in [5.41, 5.74) is -4.87. The van der Waals surface area contributed by atoms with E-state index in [-0.39, 0.29) is 0 Å². The summed E-state index contributed by atoms with van der Waals surface area (Å²) >= 11 is -1.32. The average molecular weight is 500 g/mol. The minimum Gasteiger partial charge on any atom is -0.741 e. The molecule has 0 aliphatic heterocycles. The van der Waals surface area contributed by atoms with Crippen LogP contribution in [0.15, 0.2) is 24.3 Å². The Bertz CT molecular complexity index is 639. The molecule has 0 bridgehead atoms. The van der Waals surface area contributed by atoms with Crippen LogP contribution < -0.4 is 21.2 Å². The molecule has 24 heavy (non-hydrogen) atoms. The zero-order valence-corrected chi connectivity index (χ0v) is 14.5. The molecule has 0 radical (unpaired) electrons. The largest absolute Gasteiger partial charge is 0.741 e. The molecule has 1 aromatic carbocycles. The smallest absolute Gasteiger partial charge is 0.485 e. The lowest BCUT2D eigenvalue weighted by molar-refractivity contribution is -0.651. The Balaban J connectivity index is 0.000000561. The molecule has 0 saturated carbocycles. The molecule has 1 rings (SSSR count). The first-order valence-electron chi connectivity index (χ1n) is 5.60. The summed E-state index contributed by atoms with van der Waals surface area (Å²) in [4.78, 5) is 0. The second-order valence-corrected chi connectivity index (χ2v) is 8.18. The number of aryl methyl sites for hydroxylation is 1. The number of hydrogen-bond acceptors (Lipinski definition) is 3. The van der Waals surface area contributed by atoms with Crippen LogP contribution in [0.5, 0.6) is 0 Å². The second kappa shape index (κ2) is 8.12.